The molecule has 52 heavy (non-hydrogen) atoms. The fraction of sp³-hybridized carbons (Fsp3) is 0.0435. The van der Waals surface area contributed by atoms with Gasteiger partial charge in [-0.05, 0) is 69.4 Å². The molecule has 4 N–H and O–H groups in total. The van der Waals surface area contributed by atoms with Gasteiger partial charge in [0.05, 0.1) is 11.1 Å². The molecule has 2 amide bonds. The van der Waals surface area contributed by atoms with Crippen LogP contribution in [0, 0.1) is 0 Å². The van der Waals surface area contributed by atoms with Gasteiger partial charge in [0.25, 0.3) is 11.8 Å². The first kappa shape index (κ1) is 32.3. The molecule has 0 aromatic heterocycles. The van der Waals surface area contributed by atoms with Crippen molar-refractivity contribution in [3.63, 3.8) is 0 Å². The molecule has 8 rings (SSSR count). The van der Waals surface area contributed by atoms with Crippen molar-refractivity contribution in [3.05, 3.63) is 180 Å². The summed E-state index contributed by atoms with van der Waals surface area (Å²) in [6.45, 7) is 4.37. The lowest BCUT2D eigenvalue weighted by atomic mass is 9.90. The average Bonchev–Trinajstić information content (AvgIpc) is 3.17. The maximum atomic E-state index is 13.8. The summed E-state index contributed by atoms with van der Waals surface area (Å²) >= 11 is 0. The third-order valence-electron chi connectivity index (χ3n) is 9.67. The monoisotopic (exact) mass is 678 g/mol. The van der Waals surface area contributed by atoms with Crippen LogP contribution in [-0.4, -0.2) is 22.0 Å². The summed E-state index contributed by atoms with van der Waals surface area (Å²) in [4.78, 5) is 27.6. The number of aromatic hydroxyl groups is 2. The van der Waals surface area contributed by atoms with Crippen molar-refractivity contribution in [2.75, 3.05) is 10.6 Å². The number of phenolic OH excluding ortho intramolecular Hbond substituents is 2. The number of hydrogen-bond donors (Lipinski definition) is 4. The summed E-state index contributed by atoms with van der Waals surface area (Å²) in [5.74, 6) is -1.12. The molecule has 0 atom stereocenters. The number of carbonyl (C=O) groups excluding carboxylic acids is 2. The van der Waals surface area contributed by atoms with E-state index in [4.69, 9.17) is 0 Å². The number of anilines is 2. The summed E-state index contributed by atoms with van der Waals surface area (Å²) in [6, 6.07) is 45.6. The number of rotatable bonds is 8. The van der Waals surface area contributed by atoms with E-state index in [-0.39, 0.29) is 35.5 Å². The van der Waals surface area contributed by atoms with Crippen LogP contribution in [0.3, 0.4) is 0 Å². The maximum absolute atomic E-state index is 13.8. The van der Waals surface area contributed by atoms with Crippen LogP contribution >= 0.6 is 0 Å². The van der Waals surface area contributed by atoms with E-state index >= 15 is 0 Å². The molecule has 8 aromatic rings. The second-order valence-electron chi connectivity index (χ2n) is 13.0. The molecule has 8 aromatic carbocycles. The fourth-order valence-electron chi connectivity index (χ4n) is 7.14. The van der Waals surface area contributed by atoms with E-state index in [1.165, 1.54) is 0 Å². The van der Waals surface area contributed by atoms with E-state index in [0.29, 0.717) is 28.1 Å². The molecule has 0 saturated carbocycles. The van der Waals surface area contributed by atoms with Gasteiger partial charge in [-0.25, -0.2) is 0 Å². The molecule has 0 aliphatic rings. The minimum atomic E-state index is -0.431. The Hall–Kier alpha value is -6.92. The van der Waals surface area contributed by atoms with Crippen molar-refractivity contribution in [3.8, 4) is 11.5 Å². The van der Waals surface area contributed by atoms with Gasteiger partial charge in [-0.3, -0.25) is 9.59 Å². The van der Waals surface area contributed by atoms with E-state index in [0.717, 1.165) is 43.1 Å². The van der Waals surface area contributed by atoms with Gasteiger partial charge in [-0.1, -0.05) is 133 Å². The van der Waals surface area contributed by atoms with E-state index in [1.807, 2.05) is 133 Å². The minimum absolute atomic E-state index is 0.130. The maximum Gasteiger partial charge on any atom is 0.259 e. The number of nitrogens with one attached hydrogen (secondary N) is 2. The van der Waals surface area contributed by atoms with Crippen molar-refractivity contribution in [1.82, 2.24) is 0 Å². The topological polar surface area (TPSA) is 98.7 Å². The molecule has 0 fully saturated rings. The van der Waals surface area contributed by atoms with Gasteiger partial charge < -0.3 is 20.8 Å². The van der Waals surface area contributed by atoms with Gasteiger partial charge in [0.2, 0.25) is 0 Å². The fourth-order valence-corrected chi connectivity index (χ4v) is 7.14. The van der Waals surface area contributed by atoms with Crippen LogP contribution in [0.4, 0.5) is 11.4 Å². The van der Waals surface area contributed by atoms with E-state index in [2.05, 4.69) is 17.2 Å². The average molecular weight is 679 g/mol. The molecule has 0 radical (unpaired) electrons. The molecule has 0 aliphatic carbocycles. The van der Waals surface area contributed by atoms with Gasteiger partial charge in [0.15, 0.2) is 0 Å². The molecular formula is C46H34N2O4. The first-order chi connectivity index (χ1) is 25.4. The zero-order chi connectivity index (χ0) is 35.8. The second-order valence-corrected chi connectivity index (χ2v) is 13.0. The number of allylic oxidation sites excluding steroid dienone is 1. The molecular weight excluding hydrogens is 645 g/mol. The van der Waals surface area contributed by atoms with E-state index < -0.39 is 11.8 Å². The first-order valence-electron chi connectivity index (χ1n) is 17.1. The summed E-state index contributed by atoms with van der Waals surface area (Å²) in [5, 5.41) is 36.4. The zero-order valence-electron chi connectivity index (χ0n) is 28.2. The summed E-state index contributed by atoms with van der Waals surface area (Å²) in [5.41, 5.74) is 3.38. The molecule has 0 aliphatic heterocycles. The van der Waals surface area contributed by atoms with Crippen molar-refractivity contribution >= 4 is 66.3 Å². The summed E-state index contributed by atoms with van der Waals surface area (Å²) in [7, 11) is 0. The summed E-state index contributed by atoms with van der Waals surface area (Å²) in [6.07, 6.45) is 0.448. The van der Waals surface area contributed by atoms with Crippen molar-refractivity contribution < 1.29 is 19.8 Å². The SMILES string of the molecule is C=C(Cc1c(O)c(C(=O)Nc2cccc3ccccc23)cc2ccccc12)Cc1c(O)c(C(=O)Nc2cccc3ccccc23)cc2ccccc12. The highest BCUT2D eigenvalue weighted by Crippen LogP contribution is 2.38. The van der Waals surface area contributed by atoms with Gasteiger partial charge >= 0.3 is 0 Å². The van der Waals surface area contributed by atoms with Crippen LogP contribution in [0.15, 0.2) is 158 Å². The van der Waals surface area contributed by atoms with Crippen LogP contribution in [0.2, 0.25) is 0 Å². The Bertz CT molecular complexity index is 2530. The molecule has 6 nitrogen and oxygen atoms in total. The Morgan fingerprint density at radius 3 is 1.23 bits per heavy atom. The Balaban J connectivity index is 1.13. The lowest BCUT2D eigenvalue weighted by molar-refractivity contribution is 0.101. The Kier molecular flexibility index (Phi) is 8.33. The van der Waals surface area contributed by atoms with Crippen molar-refractivity contribution in [1.29, 1.82) is 0 Å². The Morgan fingerprint density at radius 1 is 0.462 bits per heavy atom. The molecule has 0 spiro atoms. The van der Waals surface area contributed by atoms with E-state index in [1.54, 1.807) is 12.1 Å². The molecule has 252 valence electrons. The lowest BCUT2D eigenvalue weighted by Gasteiger charge is -2.18. The number of hydrogen-bond acceptors (Lipinski definition) is 4. The number of phenols is 2. The standard InChI is InChI=1S/C46H34N2O4/c1-28(24-37-33-18-6-4-14-31(33)26-39(43(37)49)45(51)47-41-22-10-16-29-12-2-8-20-35(29)41)25-38-34-19-7-5-15-32(34)27-40(44(38)50)46(52)48-42-23-11-17-30-13-3-9-21-36(30)42/h2-23,26-27,49-50H,1,24-25H2,(H,47,51)(H,48,52). The van der Waals surface area contributed by atoms with Crippen molar-refractivity contribution in [2.45, 2.75) is 12.8 Å². The third-order valence-corrected chi connectivity index (χ3v) is 9.67. The van der Waals surface area contributed by atoms with Gasteiger partial charge in [-0.2, -0.15) is 0 Å². The molecule has 6 heteroatoms. The summed E-state index contributed by atoms with van der Waals surface area (Å²) < 4.78 is 0. The smallest absolute Gasteiger partial charge is 0.259 e. The predicted octanol–water partition coefficient (Wildman–Crippen LogP) is 10.6. The number of carbonyl (C=O) groups is 2. The Labute approximate surface area is 300 Å². The lowest BCUT2D eigenvalue weighted by Crippen LogP contribution is -2.14. The number of amides is 2. The van der Waals surface area contributed by atoms with Gasteiger partial charge in [-0.15, -0.1) is 0 Å². The Morgan fingerprint density at radius 2 is 0.808 bits per heavy atom. The largest absolute Gasteiger partial charge is 0.507 e. The van der Waals surface area contributed by atoms with Gasteiger partial charge in [0.1, 0.15) is 11.5 Å². The first-order valence-corrected chi connectivity index (χ1v) is 17.1. The molecule has 0 bridgehead atoms. The van der Waals surface area contributed by atoms with Crippen LogP contribution < -0.4 is 10.6 Å². The molecule has 0 unspecified atom stereocenters. The highest BCUT2D eigenvalue weighted by atomic mass is 16.3. The van der Waals surface area contributed by atoms with Crippen LogP contribution in [0.1, 0.15) is 31.8 Å². The quantitative estimate of drug-likeness (QED) is 0.120. The third kappa shape index (κ3) is 5.97. The van der Waals surface area contributed by atoms with Crippen molar-refractivity contribution in [2.24, 2.45) is 0 Å². The minimum Gasteiger partial charge on any atom is -0.507 e. The highest BCUT2D eigenvalue weighted by Gasteiger charge is 2.22. The predicted molar refractivity (Wildman–Crippen MR) is 212 cm³/mol. The van der Waals surface area contributed by atoms with Crippen LogP contribution in [0.25, 0.3) is 43.1 Å². The molecule has 0 heterocycles. The van der Waals surface area contributed by atoms with E-state index in [9.17, 15) is 19.8 Å². The second kappa shape index (κ2) is 13.4. The highest BCUT2D eigenvalue weighted by molar-refractivity contribution is 6.14. The molecule has 0 saturated heterocycles. The normalized spacial score (nSPS) is 11.2. The number of fused-ring (bicyclic) bond motifs is 4. The number of benzene rings is 8. The zero-order valence-corrected chi connectivity index (χ0v) is 28.2. The van der Waals surface area contributed by atoms with Crippen LogP contribution in [0.5, 0.6) is 11.5 Å². The van der Waals surface area contributed by atoms with Gasteiger partial charge in [0, 0.05) is 33.3 Å². The van der Waals surface area contributed by atoms with Crippen LogP contribution in [-0.2, 0) is 12.8 Å².